The molecule has 1 aliphatic carbocycles. The van der Waals surface area contributed by atoms with E-state index < -0.39 is 23.7 Å². The van der Waals surface area contributed by atoms with E-state index >= 15 is 0 Å². The molecule has 0 spiro atoms. The van der Waals surface area contributed by atoms with Crippen molar-refractivity contribution in [1.29, 1.82) is 0 Å². The lowest BCUT2D eigenvalue weighted by atomic mass is 10.2. The van der Waals surface area contributed by atoms with E-state index in [2.05, 4.69) is 17.0 Å². The van der Waals surface area contributed by atoms with Gasteiger partial charge in [-0.1, -0.05) is 6.92 Å². The van der Waals surface area contributed by atoms with E-state index in [0.717, 1.165) is 12.8 Å². The first-order valence-electron chi connectivity index (χ1n) is 6.80. The Bertz CT molecular complexity index is 357. The Hall–Kier alpha value is -1.30. The number of hydrogen-bond acceptors (Lipinski definition) is 5. The fraction of sp³-hybridized carbons (Fsp3) is 0.857. The summed E-state index contributed by atoms with van der Waals surface area (Å²) >= 11 is 0. The molecule has 1 amide bonds. The van der Waals surface area contributed by atoms with Crippen LogP contribution in [0.5, 0.6) is 0 Å². The van der Waals surface area contributed by atoms with E-state index in [-0.39, 0.29) is 12.0 Å². The third kappa shape index (κ3) is 6.23. The highest BCUT2D eigenvalue weighted by Gasteiger charge is 2.38. The molecule has 6 heteroatoms. The van der Waals surface area contributed by atoms with Gasteiger partial charge in [-0.25, -0.2) is 9.59 Å². The van der Waals surface area contributed by atoms with Crippen molar-refractivity contribution in [3.05, 3.63) is 0 Å². The van der Waals surface area contributed by atoms with E-state index in [1.807, 2.05) is 0 Å². The van der Waals surface area contributed by atoms with Crippen molar-refractivity contribution >= 4 is 12.1 Å². The van der Waals surface area contributed by atoms with Crippen molar-refractivity contribution in [3.63, 3.8) is 0 Å². The minimum atomic E-state index is -0.850. The van der Waals surface area contributed by atoms with E-state index in [0.29, 0.717) is 6.61 Å². The van der Waals surface area contributed by atoms with E-state index in [1.165, 1.54) is 7.11 Å². The van der Waals surface area contributed by atoms with Gasteiger partial charge in [-0.15, -0.1) is 0 Å². The van der Waals surface area contributed by atoms with Crippen molar-refractivity contribution in [3.8, 4) is 0 Å². The van der Waals surface area contributed by atoms with Crippen LogP contribution in [0.15, 0.2) is 0 Å². The van der Waals surface area contributed by atoms with Gasteiger partial charge in [0.05, 0.1) is 20.3 Å². The molecule has 1 fully saturated rings. The van der Waals surface area contributed by atoms with Crippen molar-refractivity contribution < 1.29 is 23.8 Å². The quantitative estimate of drug-likeness (QED) is 0.755. The normalized spacial score (nSPS) is 18.1. The third-order valence-electron chi connectivity index (χ3n) is 3.02. The van der Waals surface area contributed by atoms with Crippen LogP contribution in [0.1, 0.15) is 40.5 Å². The number of methoxy groups -OCH3 is 1. The summed E-state index contributed by atoms with van der Waals surface area (Å²) in [5, 5.41) is 2.47. The first-order valence-corrected chi connectivity index (χ1v) is 6.80. The Kier molecular flexibility index (Phi) is 5.39. The predicted molar refractivity (Wildman–Crippen MR) is 73.3 cm³/mol. The smallest absolute Gasteiger partial charge is 0.408 e. The largest absolute Gasteiger partial charge is 0.467 e. The highest BCUT2D eigenvalue weighted by atomic mass is 16.6. The molecule has 0 aromatic heterocycles. The van der Waals surface area contributed by atoms with Crippen LogP contribution in [0.2, 0.25) is 0 Å². The molecule has 1 atom stereocenters. The molecule has 6 nitrogen and oxygen atoms in total. The summed E-state index contributed by atoms with van der Waals surface area (Å²) in [6, 6.07) is -0.850. The number of carbonyl (C=O) groups excluding carboxylic acids is 2. The van der Waals surface area contributed by atoms with Gasteiger partial charge in [0, 0.05) is 0 Å². The van der Waals surface area contributed by atoms with Crippen molar-refractivity contribution in [2.45, 2.75) is 52.2 Å². The molecule has 20 heavy (non-hydrogen) atoms. The zero-order valence-corrected chi connectivity index (χ0v) is 12.9. The molecular weight excluding hydrogens is 262 g/mol. The molecule has 0 aromatic rings. The van der Waals surface area contributed by atoms with Gasteiger partial charge < -0.3 is 19.5 Å². The van der Waals surface area contributed by atoms with E-state index in [4.69, 9.17) is 9.47 Å². The zero-order valence-electron chi connectivity index (χ0n) is 12.9. The number of alkyl carbamates (subject to hydrolysis) is 1. The van der Waals surface area contributed by atoms with Crippen LogP contribution < -0.4 is 5.32 Å². The molecule has 0 unspecified atom stereocenters. The average molecular weight is 287 g/mol. The van der Waals surface area contributed by atoms with Gasteiger partial charge in [-0.05, 0) is 39.0 Å². The molecule has 0 heterocycles. The Morgan fingerprint density at radius 3 is 2.35 bits per heavy atom. The molecule has 0 bridgehead atoms. The summed E-state index contributed by atoms with van der Waals surface area (Å²) in [4.78, 5) is 23.3. The number of hydrogen-bond donors (Lipinski definition) is 1. The predicted octanol–water partition coefficient (Wildman–Crippen LogP) is 1.87. The number of ether oxygens (including phenoxy) is 3. The molecule has 0 saturated heterocycles. The molecular formula is C14H25NO5. The summed E-state index contributed by atoms with van der Waals surface area (Å²) in [5.74, 6) is -0.545. The van der Waals surface area contributed by atoms with Gasteiger partial charge in [-0.2, -0.15) is 0 Å². The molecule has 1 rings (SSSR count). The molecule has 0 aromatic carbocycles. The van der Waals surface area contributed by atoms with Gasteiger partial charge in [-0.3, -0.25) is 0 Å². The Labute approximate surface area is 120 Å². The van der Waals surface area contributed by atoms with Crippen LogP contribution in [0.4, 0.5) is 4.79 Å². The average Bonchev–Trinajstić information content (AvgIpc) is 3.02. The monoisotopic (exact) mass is 287 g/mol. The molecule has 0 aliphatic heterocycles. The Morgan fingerprint density at radius 1 is 1.30 bits per heavy atom. The molecule has 1 saturated carbocycles. The summed E-state index contributed by atoms with van der Waals surface area (Å²) < 4.78 is 15.3. The molecule has 116 valence electrons. The van der Waals surface area contributed by atoms with Crippen LogP contribution in [-0.4, -0.2) is 44.0 Å². The van der Waals surface area contributed by atoms with Gasteiger partial charge in [0.2, 0.25) is 0 Å². The number of nitrogens with one attached hydrogen (secondary N) is 1. The van der Waals surface area contributed by atoms with Crippen LogP contribution in [0, 0.1) is 5.41 Å². The third-order valence-corrected chi connectivity index (χ3v) is 3.02. The molecule has 1 aliphatic rings. The summed E-state index contributed by atoms with van der Waals surface area (Å²) in [6.07, 6.45) is 1.61. The standard InChI is InChI=1S/C14H25NO5/c1-13(2,3)20-12(17)15-10(11(16)18-5)8-19-9-14(4)6-7-14/h10H,6-9H2,1-5H3,(H,15,17)/t10-/m0/s1. The fourth-order valence-corrected chi connectivity index (χ4v) is 1.54. The molecule has 0 radical (unpaired) electrons. The maximum Gasteiger partial charge on any atom is 0.408 e. The van der Waals surface area contributed by atoms with E-state index in [9.17, 15) is 9.59 Å². The first kappa shape index (κ1) is 16.8. The Morgan fingerprint density at radius 2 is 1.90 bits per heavy atom. The fourth-order valence-electron chi connectivity index (χ4n) is 1.54. The van der Waals surface area contributed by atoms with Gasteiger partial charge >= 0.3 is 12.1 Å². The second kappa shape index (κ2) is 6.43. The van der Waals surface area contributed by atoms with Crippen molar-refractivity contribution in [2.75, 3.05) is 20.3 Å². The van der Waals surface area contributed by atoms with Gasteiger partial charge in [0.15, 0.2) is 6.04 Å². The van der Waals surface area contributed by atoms with Crippen LogP contribution >= 0.6 is 0 Å². The lowest BCUT2D eigenvalue weighted by Crippen LogP contribution is -2.46. The SMILES string of the molecule is COC(=O)[C@H](COCC1(C)CC1)NC(=O)OC(C)(C)C. The molecule has 1 N–H and O–H groups in total. The van der Waals surface area contributed by atoms with Crippen LogP contribution in [0.25, 0.3) is 0 Å². The number of amides is 1. The van der Waals surface area contributed by atoms with E-state index in [1.54, 1.807) is 20.8 Å². The minimum Gasteiger partial charge on any atom is -0.467 e. The topological polar surface area (TPSA) is 73.9 Å². The maximum atomic E-state index is 11.7. The van der Waals surface area contributed by atoms with Crippen molar-refractivity contribution in [1.82, 2.24) is 5.32 Å². The Balaban J connectivity index is 2.42. The second-order valence-electron chi connectivity index (χ2n) is 6.55. The summed E-state index contributed by atoms with van der Waals surface area (Å²) in [7, 11) is 1.27. The lowest BCUT2D eigenvalue weighted by Gasteiger charge is -2.22. The first-order chi connectivity index (χ1) is 9.15. The number of esters is 1. The minimum absolute atomic E-state index is 0.0848. The van der Waals surface area contributed by atoms with Crippen LogP contribution in [0.3, 0.4) is 0 Å². The number of carbonyl (C=O) groups is 2. The maximum absolute atomic E-state index is 11.7. The highest BCUT2D eigenvalue weighted by Crippen LogP contribution is 2.44. The van der Waals surface area contributed by atoms with Gasteiger partial charge in [0.25, 0.3) is 0 Å². The summed E-state index contributed by atoms with van der Waals surface area (Å²) in [5.41, 5.74) is -0.389. The van der Waals surface area contributed by atoms with Gasteiger partial charge in [0.1, 0.15) is 5.60 Å². The second-order valence-corrected chi connectivity index (χ2v) is 6.55. The highest BCUT2D eigenvalue weighted by molar-refractivity contribution is 5.81. The number of rotatable bonds is 6. The zero-order chi connectivity index (χ0) is 15.4. The van der Waals surface area contributed by atoms with Crippen LogP contribution in [-0.2, 0) is 19.0 Å². The lowest BCUT2D eigenvalue weighted by molar-refractivity contribution is -0.145. The van der Waals surface area contributed by atoms with Crippen molar-refractivity contribution in [2.24, 2.45) is 5.41 Å². The summed E-state index contributed by atoms with van der Waals surface area (Å²) in [6.45, 7) is 8.05.